The lowest BCUT2D eigenvalue weighted by Gasteiger charge is -2.20. The maximum atomic E-state index is 12.5. The Bertz CT molecular complexity index is 837. The van der Waals surface area contributed by atoms with Gasteiger partial charge >= 0.3 is 0 Å². The highest BCUT2D eigenvalue weighted by Crippen LogP contribution is 2.35. The summed E-state index contributed by atoms with van der Waals surface area (Å²) in [6.07, 6.45) is 6.42. The van der Waals surface area contributed by atoms with E-state index >= 15 is 0 Å². The fraction of sp³-hybridized carbons (Fsp3) is 0.429. The standard InChI is InChI=1S/C21H23N3O4/c25-18(11-13-24-20(27)14-6-1-2-7-15(14)21(24)28)22-16-8-3-4-9-17(16)23-12-5-10-19(23)26/h1-4,8-9,14-15H,5-7,10-13H2,(H,22,25). The van der Waals surface area contributed by atoms with Crippen molar-refractivity contribution in [3.8, 4) is 0 Å². The summed E-state index contributed by atoms with van der Waals surface area (Å²) in [6.45, 7) is 0.723. The second-order valence-electron chi connectivity index (χ2n) is 7.45. The number of carbonyl (C=O) groups excluding carboxylic acids is 4. The first kappa shape index (κ1) is 18.4. The molecule has 2 unspecified atom stereocenters. The first-order chi connectivity index (χ1) is 13.6. The molecule has 3 aliphatic rings. The van der Waals surface area contributed by atoms with Crippen LogP contribution in [0.15, 0.2) is 36.4 Å². The number of nitrogens with zero attached hydrogens (tertiary/aromatic N) is 2. The van der Waals surface area contributed by atoms with E-state index in [-0.39, 0.29) is 48.4 Å². The van der Waals surface area contributed by atoms with Crippen molar-refractivity contribution in [1.29, 1.82) is 0 Å². The molecule has 4 rings (SSSR count). The minimum atomic E-state index is -0.285. The van der Waals surface area contributed by atoms with Gasteiger partial charge in [-0.15, -0.1) is 0 Å². The number of imide groups is 1. The van der Waals surface area contributed by atoms with Crippen LogP contribution in [0.1, 0.15) is 32.1 Å². The van der Waals surface area contributed by atoms with E-state index in [0.29, 0.717) is 37.2 Å². The second kappa shape index (κ2) is 7.58. The lowest BCUT2D eigenvalue weighted by atomic mass is 9.85. The lowest BCUT2D eigenvalue weighted by molar-refractivity contribution is -0.140. The molecule has 0 spiro atoms. The van der Waals surface area contributed by atoms with E-state index in [0.717, 1.165) is 6.42 Å². The van der Waals surface area contributed by atoms with Crippen molar-refractivity contribution in [2.24, 2.45) is 11.8 Å². The summed E-state index contributed by atoms with van der Waals surface area (Å²) in [5.74, 6) is -1.13. The summed E-state index contributed by atoms with van der Waals surface area (Å²) >= 11 is 0. The van der Waals surface area contributed by atoms with E-state index in [9.17, 15) is 19.2 Å². The fourth-order valence-electron chi connectivity index (χ4n) is 4.23. The van der Waals surface area contributed by atoms with Gasteiger partial charge in [-0.1, -0.05) is 24.3 Å². The van der Waals surface area contributed by atoms with Gasteiger partial charge in [-0.2, -0.15) is 0 Å². The summed E-state index contributed by atoms with van der Waals surface area (Å²) in [7, 11) is 0. The van der Waals surface area contributed by atoms with Crippen LogP contribution in [0.3, 0.4) is 0 Å². The molecule has 0 saturated carbocycles. The van der Waals surface area contributed by atoms with Crippen molar-refractivity contribution in [3.05, 3.63) is 36.4 Å². The Morgan fingerprint density at radius 2 is 1.71 bits per heavy atom. The Labute approximate surface area is 163 Å². The Balaban J connectivity index is 1.39. The van der Waals surface area contributed by atoms with E-state index in [4.69, 9.17) is 0 Å². The monoisotopic (exact) mass is 381 g/mol. The first-order valence-corrected chi connectivity index (χ1v) is 9.75. The Morgan fingerprint density at radius 1 is 1.04 bits per heavy atom. The number of benzene rings is 1. The van der Waals surface area contributed by atoms with Crippen LogP contribution in [0.2, 0.25) is 0 Å². The molecule has 2 aliphatic heterocycles. The Morgan fingerprint density at radius 3 is 2.36 bits per heavy atom. The SMILES string of the molecule is O=C(CCN1C(=O)C2CC=CCC2C1=O)Nc1ccccc1N1CCCC1=O. The van der Waals surface area contributed by atoms with Crippen LogP contribution >= 0.6 is 0 Å². The zero-order valence-electron chi connectivity index (χ0n) is 15.6. The van der Waals surface area contributed by atoms with Crippen LogP contribution in [0.4, 0.5) is 11.4 Å². The maximum Gasteiger partial charge on any atom is 0.233 e. The molecule has 0 radical (unpaired) electrons. The van der Waals surface area contributed by atoms with Crippen molar-refractivity contribution in [3.63, 3.8) is 0 Å². The highest BCUT2D eigenvalue weighted by molar-refractivity contribution is 6.06. The summed E-state index contributed by atoms with van der Waals surface area (Å²) < 4.78 is 0. The van der Waals surface area contributed by atoms with Crippen LogP contribution in [0, 0.1) is 11.8 Å². The summed E-state index contributed by atoms with van der Waals surface area (Å²) in [5, 5.41) is 2.83. The van der Waals surface area contributed by atoms with Crippen molar-refractivity contribution in [1.82, 2.24) is 4.90 Å². The smallest absolute Gasteiger partial charge is 0.233 e. The average Bonchev–Trinajstić information content (AvgIpc) is 3.23. The van der Waals surface area contributed by atoms with Crippen molar-refractivity contribution >= 4 is 35.0 Å². The molecule has 0 bridgehead atoms. The molecule has 1 aromatic carbocycles. The van der Waals surface area contributed by atoms with Crippen LogP contribution in [-0.2, 0) is 19.2 Å². The molecular formula is C21H23N3O4. The van der Waals surface area contributed by atoms with Gasteiger partial charge in [0.25, 0.3) is 0 Å². The normalized spacial score (nSPS) is 24.1. The third-order valence-electron chi connectivity index (χ3n) is 5.70. The van der Waals surface area contributed by atoms with Gasteiger partial charge in [0, 0.05) is 25.9 Å². The molecule has 28 heavy (non-hydrogen) atoms. The second-order valence-corrected chi connectivity index (χ2v) is 7.45. The molecule has 2 heterocycles. The zero-order chi connectivity index (χ0) is 19.7. The number of rotatable bonds is 5. The van der Waals surface area contributed by atoms with Crippen LogP contribution in [0.5, 0.6) is 0 Å². The molecule has 1 aromatic rings. The maximum absolute atomic E-state index is 12.5. The third kappa shape index (κ3) is 3.32. The molecule has 7 heteroatoms. The van der Waals surface area contributed by atoms with E-state index in [1.807, 2.05) is 24.3 Å². The number of anilines is 2. The minimum absolute atomic E-state index is 0.0344. The van der Waals surface area contributed by atoms with Gasteiger partial charge < -0.3 is 10.2 Å². The largest absolute Gasteiger partial charge is 0.324 e. The number of para-hydroxylation sites is 2. The van der Waals surface area contributed by atoms with Crippen LogP contribution < -0.4 is 10.2 Å². The average molecular weight is 381 g/mol. The number of hydrogen-bond donors (Lipinski definition) is 1. The predicted octanol–water partition coefficient (Wildman–Crippen LogP) is 2.09. The number of carbonyl (C=O) groups is 4. The van der Waals surface area contributed by atoms with E-state index in [2.05, 4.69) is 5.32 Å². The predicted molar refractivity (Wildman–Crippen MR) is 103 cm³/mol. The van der Waals surface area contributed by atoms with Gasteiger partial charge in [0.15, 0.2) is 0 Å². The highest BCUT2D eigenvalue weighted by atomic mass is 16.2. The minimum Gasteiger partial charge on any atom is -0.324 e. The quantitative estimate of drug-likeness (QED) is 0.625. The van der Waals surface area contributed by atoms with Gasteiger partial charge in [0.05, 0.1) is 23.2 Å². The third-order valence-corrected chi connectivity index (χ3v) is 5.70. The summed E-state index contributed by atoms with van der Waals surface area (Å²) in [5.41, 5.74) is 1.25. The van der Waals surface area contributed by atoms with Gasteiger partial charge in [-0.25, -0.2) is 0 Å². The molecule has 7 nitrogen and oxygen atoms in total. The molecule has 2 fully saturated rings. The van der Waals surface area contributed by atoms with Gasteiger partial charge in [0.1, 0.15) is 0 Å². The van der Waals surface area contributed by atoms with Crippen molar-refractivity contribution < 1.29 is 19.2 Å². The number of amides is 4. The molecule has 2 saturated heterocycles. The molecule has 1 aliphatic carbocycles. The van der Waals surface area contributed by atoms with Crippen LogP contribution in [0.25, 0.3) is 0 Å². The summed E-state index contributed by atoms with van der Waals surface area (Å²) in [6, 6.07) is 7.19. The molecule has 2 atom stereocenters. The molecule has 1 N–H and O–H groups in total. The van der Waals surface area contributed by atoms with Gasteiger partial charge in [-0.05, 0) is 31.4 Å². The number of fused-ring (bicyclic) bond motifs is 1. The number of likely N-dealkylation sites (tertiary alicyclic amines) is 1. The van der Waals surface area contributed by atoms with Crippen LogP contribution in [-0.4, -0.2) is 41.6 Å². The Hall–Kier alpha value is -2.96. The number of allylic oxidation sites excluding steroid dienone is 2. The summed E-state index contributed by atoms with van der Waals surface area (Å²) in [4.78, 5) is 52.4. The van der Waals surface area contributed by atoms with E-state index < -0.39 is 0 Å². The topological polar surface area (TPSA) is 86.8 Å². The number of hydrogen-bond acceptors (Lipinski definition) is 4. The number of nitrogens with one attached hydrogen (secondary N) is 1. The molecule has 146 valence electrons. The molecular weight excluding hydrogens is 358 g/mol. The zero-order valence-corrected chi connectivity index (χ0v) is 15.6. The first-order valence-electron chi connectivity index (χ1n) is 9.75. The van der Waals surface area contributed by atoms with Crippen molar-refractivity contribution in [2.45, 2.75) is 32.1 Å². The Kier molecular flexibility index (Phi) is 4.98. The molecule has 0 aromatic heterocycles. The fourth-order valence-corrected chi connectivity index (χ4v) is 4.23. The van der Waals surface area contributed by atoms with Gasteiger partial charge in [-0.3, -0.25) is 24.1 Å². The van der Waals surface area contributed by atoms with E-state index in [1.165, 1.54) is 4.90 Å². The van der Waals surface area contributed by atoms with E-state index in [1.54, 1.807) is 17.0 Å². The highest BCUT2D eigenvalue weighted by Gasteiger charge is 2.46. The molecule has 4 amide bonds. The van der Waals surface area contributed by atoms with Crippen molar-refractivity contribution in [2.75, 3.05) is 23.3 Å². The van der Waals surface area contributed by atoms with Gasteiger partial charge in [0.2, 0.25) is 23.6 Å². The lowest BCUT2D eigenvalue weighted by Crippen LogP contribution is -2.34.